The van der Waals surface area contributed by atoms with Crippen molar-refractivity contribution in [2.45, 2.75) is 0 Å². The van der Waals surface area contributed by atoms with E-state index in [9.17, 15) is 0 Å². The van der Waals surface area contributed by atoms with Gasteiger partial charge in [0.05, 0.1) is 0 Å². The fourth-order valence-electron chi connectivity index (χ4n) is 0.627. The Labute approximate surface area is 112 Å². The molecule has 0 fully saturated rings. The van der Waals surface area contributed by atoms with Crippen LogP contribution in [-0.4, -0.2) is 19.9 Å². The maximum Gasteiger partial charge on any atom is 0.223 e. The van der Waals surface area contributed by atoms with Gasteiger partial charge < -0.3 is 0 Å². The van der Waals surface area contributed by atoms with Crippen molar-refractivity contribution < 1.29 is 0 Å². The van der Waals surface area contributed by atoms with Crippen LogP contribution in [0, 0.1) is 0 Å². The van der Waals surface area contributed by atoms with Crippen LogP contribution < -0.4 is 0 Å². The molecular weight excluding hydrogens is 294 g/mol. The van der Waals surface area contributed by atoms with Gasteiger partial charge in [-0.3, -0.25) is 0 Å². The van der Waals surface area contributed by atoms with Crippen molar-refractivity contribution in [3.05, 3.63) is 45.4 Å². The van der Waals surface area contributed by atoms with E-state index in [1.807, 2.05) is 0 Å². The first-order chi connectivity index (χ1) is 7.58. The van der Waals surface area contributed by atoms with Crippen LogP contribution in [0.2, 0.25) is 20.7 Å². The Hall–Kier alpha value is -0.680. The Morgan fingerprint density at radius 1 is 0.812 bits per heavy atom. The summed E-state index contributed by atoms with van der Waals surface area (Å²) >= 11 is 21.6. The van der Waals surface area contributed by atoms with E-state index in [1.165, 1.54) is 18.6 Å². The minimum atomic E-state index is 0.178. The van der Waals surface area contributed by atoms with Crippen molar-refractivity contribution in [2.75, 3.05) is 0 Å². The molecule has 0 atom stereocenters. The van der Waals surface area contributed by atoms with Crippen LogP contribution in [0.25, 0.3) is 0 Å². The Balaban J connectivity index is 0.000000160. The molecule has 8 heteroatoms. The summed E-state index contributed by atoms with van der Waals surface area (Å²) < 4.78 is 0. The lowest BCUT2D eigenvalue weighted by Gasteiger charge is -1.85. The molecule has 0 amide bonds. The molecule has 0 bridgehead atoms. The molecule has 0 unspecified atom stereocenters. The lowest BCUT2D eigenvalue weighted by atomic mass is 10.7. The third-order valence-corrected chi connectivity index (χ3v) is 2.00. The highest BCUT2D eigenvalue weighted by Crippen LogP contribution is 2.07. The average Bonchev–Trinajstić information content (AvgIpc) is 2.17. The number of halogens is 4. The molecule has 0 spiro atoms. The number of aromatic nitrogens is 4. The van der Waals surface area contributed by atoms with E-state index in [-0.39, 0.29) is 5.28 Å². The molecule has 0 saturated heterocycles. The van der Waals surface area contributed by atoms with E-state index in [0.29, 0.717) is 15.5 Å². The molecule has 2 aromatic rings. The van der Waals surface area contributed by atoms with Crippen LogP contribution in [0.15, 0.2) is 24.7 Å². The molecule has 0 N–H and O–H groups in total. The minimum Gasteiger partial charge on any atom is -0.226 e. The second-order valence-corrected chi connectivity index (χ2v) is 3.81. The summed E-state index contributed by atoms with van der Waals surface area (Å²) in [6.45, 7) is 0. The molecule has 4 nitrogen and oxygen atoms in total. The predicted molar refractivity (Wildman–Crippen MR) is 64.1 cm³/mol. The molecule has 0 aliphatic heterocycles. The van der Waals surface area contributed by atoms with Gasteiger partial charge >= 0.3 is 0 Å². The maximum atomic E-state index is 5.41. The van der Waals surface area contributed by atoms with Gasteiger partial charge in [0.15, 0.2) is 0 Å². The normalized spacial score (nSPS) is 9.25. The Morgan fingerprint density at radius 3 is 1.75 bits per heavy atom. The van der Waals surface area contributed by atoms with Crippen LogP contribution in [0.4, 0.5) is 0 Å². The zero-order valence-electron chi connectivity index (χ0n) is 7.61. The summed E-state index contributed by atoms with van der Waals surface area (Å²) in [4.78, 5) is 14.4. The smallest absolute Gasteiger partial charge is 0.223 e. The van der Waals surface area contributed by atoms with E-state index in [4.69, 9.17) is 46.4 Å². The first-order valence-corrected chi connectivity index (χ1v) is 5.36. The Morgan fingerprint density at radius 2 is 1.44 bits per heavy atom. The van der Waals surface area contributed by atoms with Gasteiger partial charge in [0.1, 0.15) is 21.8 Å². The van der Waals surface area contributed by atoms with E-state index < -0.39 is 0 Å². The number of hydrogen-bond donors (Lipinski definition) is 0. The largest absolute Gasteiger partial charge is 0.226 e. The fraction of sp³-hybridized carbons (Fsp3) is 0. The van der Waals surface area contributed by atoms with Crippen LogP contribution in [0.5, 0.6) is 0 Å². The van der Waals surface area contributed by atoms with Crippen molar-refractivity contribution in [1.29, 1.82) is 0 Å². The van der Waals surface area contributed by atoms with Crippen molar-refractivity contribution in [3.8, 4) is 0 Å². The summed E-state index contributed by atoms with van der Waals surface area (Å²) in [5.74, 6) is 0. The zero-order valence-corrected chi connectivity index (χ0v) is 10.6. The zero-order chi connectivity index (χ0) is 12.0. The molecule has 0 radical (unpaired) electrons. The average molecular weight is 298 g/mol. The summed E-state index contributed by atoms with van der Waals surface area (Å²) in [6.07, 6.45) is 2.81. The monoisotopic (exact) mass is 296 g/mol. The molecule has 16 heavy (non-hydrogen) atoms. The molecule has 2 aromatic heterocycles. The molecular formula is C8H4Cl4N4. The number of nitrogens with zero attached hydrogens (tertiary/aromatic N) is 4. The Kier molecular flexibility index (Phi) is 5.69. The maximum absolute atomic E-state index is 5.41. The SMILES string of the molecule is Clc1cc(Cl)ncn1.Clc1ccnc(Cl)n1. The molecule has 84 valence electrons. The van der Waals surface area contributed by atoms with Gasteiger partial charge in [-0.2, -0.15) is 0 Å². The number of hydrogen-bond acceptors (Lipinski definition) is 4. The molecule has 0 saturated carbocycles. The van der Waals surface area contributed by atoms with E-state index in [1.54, 1.807) is 6.07 Å². The summed E-state index contributed by atoms with van der Waals surface area (Å²) in [6, 6.07) is 3.04. The lowest BCUT2D eigenvalue weighted by molar-refractivity contribution is 1.17. The van der Waals surface area contributed by atoms with E-state index in [0.717, 1.165) is 0 Å². The molecule has 0 aliphatic rings. The highest BCUT2D eigenvalue weighted by Gasteiger charge is 1.88. The van der Waals surface area contributed by atoms with Crippen LogP contribution >= 0.6 is 46.4 Å². The minimum absolute atomic E-state index is 0.178. The van der Waals surface area contributed by atoms with Gasteiger partial charge in [0, 0.05) is 12.3 Å². The third-order valence-electron chi connectivity index (χ3n) is 1.19. The van der Waals surface area contributed by atoms with Gasteiger partial charge in [0.2, 0.25) is 5.28 Å². The molecule has 0 aliphatic carbocycles. The third kappa shape index (κ3) is 5.42. The second kappa shape index (κ2) is 6.81. The van der Waals surface area contributed by atoms with Gasteiger partial charge in [-0.1, -0.05) is 34.8 Å². The van der Waals surface area contributed by atoms with E-state index >= 15 is 0 Å². The molecule has 2 heterocycles. The van der Waals surface area contributed by atoms with Gasteiger partial charge in [-0.05, 0) is 17.7 Å². The Bertz CT molecular complexity index is 387. The standard InChI is InChI=1S/2C4H2Cl2N2/c5-3-1-4(6)8-2-7-3;5-3-1-2-7-4(6)8-3/h2*1-2H. The predicted octanol–water partition coefficient (Wildman–Crippen LogP) is 3.57. The first-order valence-electron chi connectivity index (χ1n) is 3.85. The fourth-order valence-corrected chi connectivity index (χ4v) is 1.30. The van der Waals surface area contributed by atoms with Crippen LogP contribution in [0.1, 0.15) is 0 Å². The van der Waals surface area contributed by atoms with Crippen molar-refractivity contribution in [3.63, 3.8) is 0 Å². The second-order valence-electron chi connectivity index (χ2n) is 2.31. The van der Waals surface area contributed by atoms with Crippen molar-refractivity contribution >= 4 is 46.4 Å². The summed E-state index contributed by atoms with van der Waals surface area (Å²) in [7, 11) is 0. The van der Waals surface area contributed by atoms with Crippen LogP contribution in [0.3, 0.4) is 0 Å². The van der Waals surface area contributed by atoms with Gasteiger partial charge in [-0.25, -0.2) is 19.9 Å². The first kappa shape index (κ1) is 13.4. The molecule has 2 rings (SSSR count). The quantitative estimate of drug-likeness (QED) is 0.551. The highest BCUT2D eigenvalue weighted by molar-refractivity contribution is 6.33. The van der Waals surface area contributed by atoms with E-state index in [2.05, 4.69) is 19.9 Å². The van der Waals surface area contributed by atoms with Crippen molar-refractivity contribution in [2.24, 2.45) is 0 Å². The van der Waals surface area contributed by atoms with Crippen molar-refractivity contribution in [1.82, 2.24) is 19.9 Å². The van der Waals surface area contributed by atoms with Crippen LogP contribution in [-0.2, 0) is 0 Å². The highest BCUT2D eigenvalue weighted by atomic mass is 35.5. The van der Waals surface area contributed by atoms with Gasteiger partial charge in [-0.15, -0.1) is 0 Å². The molecule has 0 aromatic carbocycles. The lowest BCUT2D eigenvalue weighted by Crippen LogP contribution is -1.77. The summed E-state index contributed by atoms with van der Waals surface area (Å²) in [5, 5.41) is 1.28. The summed E-state index contributed by atoms with van der Waals surface area (Å²) in [5.41, 5.74) is 0. The van der Waals surface area contributed by atoms with Gasteiger partial charge in [0.25, 0.3) is 0 Å². The topological polar surface area (TPSA) is 51.6 Å². The number of rotatable bonds is 0.